The van der Waals surface area contributed by atoms with Crippen molar-refractivity contribution in [3.63, 3.8) is 0 Å². The minimum absolute atomic E-state index is 0.0228. The van der Waals surface area contributed by atoms with Gasteiger partial charge < -0.3 is 4.52 Å². The van der Waals surface area contributed by atoms with Crippen LogP contribution < -0.4 is 0 Å². The molecule has 0 heterocycles. The van der Waals surface area contributed by atoms with Gasteiger partial charge in [0.2, 0.25) is 0 Å². The monoisotopic (exact) mass is 356 g/mol. The van der Waals surface area contributed by atoms with Crippen molar-refractivity contribution in [1.29, 1.82) is 0 Å². The summed E-state index contributed by atoms with van der Waals surface area (Å²) in [7, 11) is -2.41. The first-order valence-electron chi connectivity index (χ1n) is 7.71. The number of carbonyl (C=O) groups excluding carboxylic acids is 2. The molecule has 4 nitrogen and oxygen atoms in total. The molecule has 128 valence electrons. The number of thioether (sulfide) groups is 1. The van der Waals surface area contributed by atoms with E-state index in [4.69, 9.17) is 4.52 Å². The Labute approximate surface area is 142 Å². The molecule has 6 heteroatoms. The lowest BCUT2D eigenvalue weighted by molar-refractivity contribution is -0.109. The number of benzene rings is 1. The summed E-state index contributed by atoms with van der Waals surface area (Å²) in [5.41, 5.74) is 1.66. The third kappa shape index (κ3) is 8.50. The molecule has 0 unspecified atom stereocenters. The molecular formula is C17H25O4PS. The van der Waals surface area contributed by atoms with E-state index in [0.29, 0.717) is 18.6 Å². The number of hydrogen-bond donors (Lipinski definition) is 0. The zero-order valence-corrected chi connectivity index (χ0v) is 16.0. The van der Waals surface area contributed by atoms with Gasteiger partial charge in [0.05, 0.1) is 6.61 Å². The highest BCUT2D eigenvalue weighted by atomic mass is 32.2. The van der Waals surface area contributed by atoms with E-state index in [1.54, 1.807) is 19.4 Å². The molecule has 0 amide bonds. The standard InChI is InChI=1S/C17H25O4PS/c1-13-9-10-15(17(12-13)23-14(2)18)16(19)8-6-5-7-11-21-22(3,4)20/h9-10,12H,5-8,11H2,1-4H3. The Bertz CT molecular complexity index is 607. The number of rotatable bonds is 9. The molecule has 0 radical (unpaired) electrons. The summed E-state index contributed by atoms with van der Waals surface area (Å²) in [6, 6.07) is 5.58. The highest BCUT2D eigenvalue weighted by Crippen LogP contribution is 2.37. The molecule has 23 heavy (non-hydrogen) atoms. The predicted octanol–water partition coefficient (Wildman–Crippen LogP) is 4.93. The molecule has 0 saturated heterocycles. The molecule has 0 aromatic heterocycles. The maximum atomic E-state index is 12.3. The predicted molar refractivity (Wildman–Crippen MR) is 95.9 cm³/mol. The number of Topliss-reactive ketones (excluding diaryl/α,β-unsaturated/α-hetero) is 1. The fraction of sp³-hybridized carbons (Fsp3) is 0.529. The van der Waals surface area contributed by atoms with Gasteiger partial charge in [-0.05, 0) is 31.4 Å². The summed E-state index contributed by atoms with van der Waals surface area (Å²) in [4.78, 5) is 24.4. The Kier molecular flexibility index (Phi) is 8.24. The van der Waals surface area contributed by atoms with Gasteiger partial charge in [-0.1, -0.05) is 30.3 Å². The normalized spacial score (nSPS) is 11.5. The van der Waals surface area contributed by atoms with Crippen LogP contribution in [0.5, 0.6) is 0 Å². The van der Waals surface area contributed by atoms with Gasteiger partial charge in [-0.15, -0.1) is 0 Å². The molecule has 1 rings (SSSR count). The number of carbonyl (C=O) groups is 2. The maximum Gasteiger partial charge on any atom is 0.197 e. The second-order valence-electron chi connectivity index (χ2n) is 5.91. The first kappa shape index (κ1) is 20.1. The second kappa shape index (κ2) is 9.41. The van der Waals surface area contributed by atoms with Gasteiger partial charge in [0.15, 0.2) is 18.3 Å². The van der Waals surface area contributed by atoms with E-state index in [1.165, 1.54) is 6.92 Å². The van der Waals surface area contributed by atoms with Crippen molar-refractivity contribution in [3.8, 4) is 0 Å². The van der Waals surface area contributed by atoms with E-state index >= 15 is 0 Å². The van der Waals surface area contributed by atoms with Gasteiger partial charge in [-0.3, -0.25) is 14.2 Å². The molecular weight excluding hydrogens is 331 g/mol. The first-order chi connectivity index (χ1) is 10.7. The summed E-state index contributed by atoms with van der Waals surface area (Å²) in [5.74, 6) is 0.0614. The Morgan fingerprint density at radius 3 is 2.48 bits per heavy atom. The zero-order valence-electron chi connectivity index (χ0n) is 14.3. The van der Waals surface area contributed by atoms with Crippen LogP contribution in [0.2, 0.25) is 0 Å². The minimum Gasteiger partial charge on any atom is -0.329 e. The Morgan fingerprint density at radius 1 is 1.17 bits per heavy atom. The van der Waals surface area contributed by atoms with Crippen molar-refractivity contribution in [2.45, 2.75) is 44.4 Å². The number of hydrogen-bond acceptors (Lipinski definition) is 5. The lowest BCUT2D eigenvalue weighted by Gasteiger charge is -2.09. The second-order valence-corrected chi connectivity index (χ2v) is 9.89. The third-order valence-electron chi connectivity index (χ3n) is 3.14. The maximum absolute atomic E-state index is 12.3. The van der Waals surface area contributed by atoms with Crippen molar-refractivity contribution in [1.82, 2.24) is 0 Å². The fourth-order valence-electron chi connectivity index (χ4n) is 2.08. The topological polar surface area (TPSA) is 60.4 Å². The number of unbranched alkanes of at least 4 members (excludes halogenated alkanes) is 2. The van der Waals surface area contributed by atoms with Crippen molar-refractivity contribution >= 4 is 30.0 Å². The molecule has 0 bridgehead atoms. The fourth-order valence-corrected chi connectivity index (χ4v) is 3.50. The zero-order chi connectivity index (χ0) is 17.5. The van der Waals surface area contributed by atoms with Crippen LogP contribution in [0.3, 0.4) is 0 Å². The molecule has 0 aliphatic carbocycles. The lowest BCUT2D eigenvalue weighted by Crippen LogP contribution is -2.03. The Balaban J connectivity index is 2.49. The van der Waals surface area contributed by atoms with E-state index in [0.717, 1.165) is 41.5 Å². The van der Waals surface area contributed by atoms with Gasteiger partial charge in [0, 0.05) is 37.1 Å². The average molecular weight is 356 g/mol. The van der Waals surface area contributed by atoms with E-state index < -0.39 is 7.37 Å². The van der Waals surface area contributed by atoms with E-state index in [1.807, 2.05) is 19.1 Å². The van der Waals surface area contributed by atoms with Crippen molar-refractivity contribution in [3.05, 3.63) is 29.3 Å². The van der Waals surface area contributed by atoms with Crippen LogP contribution >= 0.6 is 19.1 Å². The number of ketones is 1. The summed E-state index contributed by atoms with van der Waals surface area (Å²) in [6.07, 6.45) is 2.86. The summed E-state index contributed by atoms with van der Waals surface area (Å²) in [6.45, 7) is 7.11. The van der Waals surface area contributed by atoms with Crippen LogP contribution in [0.1, 0.15) is 48.5 Å². The average Bonchev–Trinajstić information content (AvgIpc) is 2.40. The lowest BCUT2D eigenvalue weighted by atomic mass is 10.0. The van der Waals surface area contributed by atoms with Gasteiger partial charge in [-0.25, -0.2) is 0 Å². The van der Waals surface area contributed by atoms with Crippen molar-refractivity contribution < 1.29 is 18.7 Å². The van der Waals surface area contributed by atoms with Gasteiger partial charge in [0.1, 0.15) is 0 Å². The van der Waals surface area contributed by atoms with Crippen LogP contribution in [-0.4, -0.2) is 30.8 Å². The van der Waals surface area contributed by atoms with Gasteiger partial charge in [-0.2, -0.15) is 0 Å². The van der Waals surface area contributed by atoms with Crippen LogP contribution in [0.15, 0.2) is 23.1 Å². The summed E-state index contributed by atoms with van der Waals surface area (Å²) in [5, 5.41) is -0.0228. The summed E-state index contributed by atoms with van der Waals surface area (Å²) >= 11 is 1.11. The molecule has 0 aliphatic heterocycles. The van der Waals surface area contributed by atoms with Crippen LogP contribution in [0.25, 0.3) is 0 Å². The van der Waals surface area contributed by atoms with Crippen LogP contribution in [-0.2, 0) is 13.9 Å². The third-order valence-corrected chi connectivity index (χ3v) is 4.79. The Hall–Kier alpha value is -0.900. The highest BCUT2D eigenvalue weighted by Gasteiger charge is 2.13. The quantitative estimate of drug-likeness (QED) is 0.272. The SMILES string of the molecule is CC(=O)Sc1cc(C)ccc1C(=O)CCCCCOP(C)(C)=O. The van der Waals surface area contributed by atoms with Crippen molar-refractivity contribution in [2.75, 3.05) is 19.9 Å². The van der Waals surface area contributed by atoms with Crippen LogP contribution in [0.4, 0.5) is 0 Å². The summed E-state index contributed by atoms with van der Waals surface area (Å²) < 4.78 is 16.6. The largest absolute Gasteiger partial charge is 0.329 e. The Morgan fingerprint density at radius 2 is 1.87 bits per heavy atom. The molecule has 0 saturated carbocycles. The van der Waals surface area contributed by atoms with Gasteiger partial charge >= 0.3 is 0 Å². The minimum atomic E-state index is -2.41. The van der Waals surface area contributed by atoms with E-state index in [2.05, 4.69) is 0 Å². The molecule has 0 spiro atoms. The molecule has 0 atom stereocenters. The van der Waals surface area contributed by atoms with Gasteiger partial charge in [0.25, 0.3) is 0 Å². The highest BCUT2D eigenvalue weighted by molar-refractivity contribution is 8.13. The molecule has 0 N–H and O–H groups in total. The smallest absolute Gasteiger partial charge is 0.197 e. The molecule has 0 aliphatic rings. The first-order valence-corrected chi connectivity index (χ1v) is 11.0. The molecule has 1 aromatic carbocycles. The van der Waals surface area contributed by atoms with Crippen molar-refractivity contribution in [2.24, 2.45) is 0 Å². The van der Waals surface area contributed by atoms with Crippen LogP contribution in [0, 0.1) is 6.92 Å². The van der Waals surface area contributed by atoms with E-state index in [9.17, 15) is 14.2 Å². The molecule has 1 aromatic rings. The molecule has 0 fully saturated rings. The number of aryl methyl sites for hydroxylation is 1. The van der Waals surface area contributed by atoms with E-state index in [-0.39, 0.29) is 10.9 Å².